The number of carbonyl (C=O) groups is 2. The predicted octanol–water partition coefficient (Wildman–Crippen LogP) is 3.06. The number of benzene rings is 2. The zero-order chi connectivity index (χ0) is 21.3. The van der Waals surface area contributed by atoms with Crippen molar-refractivity contribution in [3.63, 3.8) is 0 Å². The lowest BCUT2D eigenvalue weighted by atomic mass is 9.73. The van der Waals surface area contributed by atoms with Gasteiger partial charge in [-0.05, 0) is 42.3 Å². The number of aliphatic hydroxyl groups excluding tert-OH is 1. The number of nitrogens with zero attached hydrogens (tertiary/aromatic N) is 2. The molecular weight excluding hydrogens is 385 g/mol. The molecule has 6 nitrogen and oxygen atoms in total. The quantitative estimate of drug-likeness (QED) is 0.815. The maximum atomic E-state index is 13.1. The summed E-state index contributed by atoms with van der Waals surface area (Å²) in [5.41, 5.74) is 2.59. The number of allylic oxidation sites excluding steroid dienone is 1. The van der Waals surface area contributed by atoms with Crippen LogP contribution in [-0.4, -0.2) is 58.6 Å². The lowest BCUT2D eigenvalue weighted by molar-refractivity contribution is -0.159. The molecule has 2 aliphatic rings. The third kappa shape index (κ3) is 3.68. The Bertz CT molecular complexity index is 959. The normalized spacial score (nSPS) is 23.3. The van der Waals surface area contributed by atoms with E-state index in [9.17, 15) is 19.1 Å². The molecule has 2 aromatic rings. The molecule has 4 rings (SSSR count). The van der Waals surface area contributed by atoms with Gasteiger partial charge in [-0.3, -0.25) is 4.79 Å². The fourth-order valence-electron chi connectivity index (χ4n) is 4.41. The summed E-state index contributed by atoms with van der Waals surface area (Å²) in [5.74, 6) is -0.606. The van der Waals surface area contributed by atoms with Gasteiger partial charge in [0.15, 0.2) is 0 Å². The maximum Gasteiger partial charge on any atom is 0.322 e. The first-order valence-corrected chi connectivity index (χ1v) is 9.98. The molecule has 0 radical (unpaired) electrons. The number of urea groups is 1. The highest BCUT2D eigenvalue weighted by Gasteiger charge is 2.54. The molecule has 2 aromatic carbocycles. The lowest BCUT2D eigenvalue weighted by Gasteiger charge is -2.58. The second-order valence-corrected chi connectivity index (χ2v) is 7.63. The third-order valence-electron chi connectivity index (χ3n) is 5.82. The molecule has 30 heavy (non-hydrogen) atoms. The molecule has 3 atom stereocenters. The van der Waals surface area contributed by atoms with Gasteiger partial charge in [0.05, 0.1) is 18.7 Å². The Morgan fingerprint density at radius 2 is 1.90 bits per heavy atom. The summed E-state index contributed by atoms with van der Waals surface area (Å²) in [6, 6.07) is 12.7. The van der Waals surface area contributed by atoms with E-state index in [0.29, 0.717) is 12.2 Å². The Morgan fingerprint density at radius 1 is 1.20 bits per heavy atom. The van der Waals surface area contributed by atoms with Crippen LogP contribution in [0.3, 0.4) is 0 Å². The van der Waals surface area contributed by atoms with E-state index in [4.69, 9.17) is 0 Å². The van der Waals surface area contributed by atoms with E-state index in [-0.39, 0.29) is 42.9 Å². The van der Waals surface area contributed by atoms with Gasteiger partial charge in [-0.15, -0.1) is 0 Å². The van der Waals surface area contributed by atoms with Crippen molar-refractivity contribution in [2.24, 2.45) is 0 Å². The van der Waals surface area contributed by atoms with E-state index >= 15 is 0 Å². The summed E-state index contributed by atoms with van der Waals surface area (Å²) in [6.45, 7) is 2.16. The molecule has 156 valence electrons. The number of rotatable bonds is 4. The van der Waals surface area contributed by atoms with Gasteiger partial charge in [-0.2, -0.15) is 0 Å². The molecule has 0 aliphatic carbocycles. The molecule has 0 spiro atoms. The Balaban J connectivity index is 1.50. The maximum absolute atomic E-state index is 13.1. The van der Waals surface area contributed by atoms with E-state index in [2.05, 4.69) is 5.32 Å². The van der Waals surface area contributed by atoms with Crippen LogP contribution in [0, 0.1) is 5.82 Å². The summed E-state index contributed by atoms with van der Waals surface area (Å²) in [4.78, 5) is 28.5. The summed E-state index contributed by atoms with van der Waals surface area (Å²) in [6.07, 6.45) is 3.97. The van der Waals surface area contributed by atoms with Crippen molar-refractivity contribution in [1.29, 1.82) is 0 Å². The molecule has 3 amide bonds. The van der Waals surface area contributed by atoms with Crippen LogP contribution >= 0.6 is 0 Å². The largest absolute Gasteiger partial charge is 0.394 e. The van der Waals surface area contributed by atoms with Crippen LogP contribution in [-0.2, 0) is 4.79 Å². The van der Waals surface area contributed by atoms with Crippen molar-refractivity contribution in [2.75, 3.05) is 25.0 Å². The third-order valence-corrected chi connectivity index (χ3v) is 5.82. The van der Waals surface area contributed by atoms with Gasteiger partial charge < -0.3 is 20.2 Å². The standard InChI is InChI=1S/C23H24FN3O3/c1-2-3-15-4-6-16(7-5-15)22-19-12-26(13-21(29)27(19)20(22)14-28)23(30)25-18-10-8-17(24)9-11-18/h2-11,19-20,22,28H,12-14H2,1H3,(H,25,30)/b3-2+/t19-,20-,22+/m1/s1. The minimum Gasteiger partial charge on any atom is -0.394 e. The SMILES string of the molecule is C/C=C/c1ccc([C@@H]2[C@@H](CO)N3C(=O)CN(C(=O)Nc4ccc(F)cc4)C[C@H]23)cc1. The molecule has 2 saturated heterocycles. The van der Waals surface area contributed by atoms with Crippen LogP contribution < -0.4 is 5.32 Å². The molecule has 2 aliphatic heterocycles. The highest BCUT2D eigenvalue weighted by atomic mass is 19.1. The highest BCUT2D eigenvalue weighted by Crippen LogP contribution is 2.43. The Morgan fingerprint density at radius 3 is 2.53 bits per heavy atom. The molecule has 2 heterocycles. The first-order valence-electron chi connectivity index (χ1n) is 9.98. The number of hydrogen-bond donors (Lipinski definition) is 2. The molecule has 0 saturated carbocycles. The van der Waals surface area contributed by atoms with Gasteiger partial charge in [0.1, 0.15) is 12.4 Å². The number of piperazine rings is 1. The number of fused-ring (bicyclic) bond motifs is 1. The first-order chi connectivity index (χ1) is 14.5. The summed E-state index contributed by atoms with van der Waals surface area (Å²) in [5, 5.41) is 12.6. The van der Waals surface area contributed by atoms with Gasteiger partial charge >= 0.3 is 6.03 Å². The molecule has 0 unspecified atom stereocenters. The monoisotopic (exact) mass is 409 g/mol. The Kier molecular flexibility index (Phi) is 5.55. The van der Waals surface area contributed by atoms with Crippen LogP contribution in [0.25, 0.3) is 6.08 Å². The summed E-state index contributed by atoms with van der Waals surface area (Å²) >= 11 is 0. The fourth-order valence-corrected chi connectivity index (χ4v) is 4.41. The van der Waals surface area contributed by atoms with Crippen molar-refractivity contribution >= 4 is 23.7 Å². The van der Waals surface area contributed by atoms with Crippen LogP contribution in [0.15, 0.2) is 54.6 Å². The zero-order valence-corrected chi connectivity index (χ0v) is 16.7. The van der Waals surface area contributed by atoms with E-state index < -0.39 is 6.03 Å². The van der Waals surface area contributed by atoms with Gasteiger partial charge in [0.2, 0.25) is 5.91 Å². The van der Waals surface area contributed by atoms with Gasteiger partial charge in [0, 0.05) is 18.2 Å². The lowest BCUT2D eigenvalue weighted by Crippen LogP contribution is -2.73. The Labute approximate surface area is 174 Å². The Hall–Kier alpha value is -3.19. The van der Waals surface area contributed by atoms with E-state index in [0.717, 1.165) is 11.1 Å². The average Bonchev–Trinajstić information content (AvgIpc) is 2.72. The minimum absolute atomic E-state index is 0.0416. The van der Waals surface area contributed by atoms with Crippen molar-refractivity contribution < 1.29 is 19.1 Å². The summed E-state index contributed by atoms with van der Waals surface area (Å²) < 4.78 is 13.1. The highest BCUT2D eigenvalue weighted by molar-refractivity contribution is 5.93. The van der Waals surface area contributed by atoms with Crippen LogP contribution in [0.1, 0.15) is 24.0 Å². The minimum atomic E-state index is -0.399. The van der Waals surface area contributed by atoms with Crippen molar-refractivity contribution in [1.82, 2.24) is 9.80 Å². The second kappa shape index (κ2) is 8.28. The van der Waals surface area contributed by atoms with Gasteiger partial charge in [-0.1, -0.05) is 36.4 Å². The van der Waals surface area contributed by atoms with Gasteiger partial charge in [0.25, 0.3) is 0 Å². The van der Waals surface area contributed by atoms with Crippen molar-refractivity contribution in [2.45, 2.75) is 24.9 Å². The molecular formula is C23H24FN3O3. The average molecular weight is 409 g/mol. The van der Waals surface area contributed by atoms with Crippen LogP contribution in [0.2, 0.25) is 0 Å². The fraction of sp³-hybridized carbons (Fsp3) is 0.304. The number of hydrogen-bond acceptors (Lipinski definition) is 3. The molecule has 2 fully saturated rings. The molecule has 2 N–H and O–H groups in total. The predicted molar refractivity (Wildman–Crippen MR) is 112 cm³/mol. The number of anilines is 1. The van der Waals surface area contributed by atoms with E-state index in [1.165, 1.54) is 29.2 Å². The van der Waals surface area contributed by atoms with Crippen LogP contribution in [0.4, 0.5) is 14.9 Å². The molecule has 7 heteroatoms. The zero-order valence-electron chi connectivity index (χ0n) is 16.7. The van der Waals surface area contributed by atoms with Gasteiger partial charge in [-0.25, -0.2) is 9.18 Å². The topological polar surface area (TPSA) is 72.9 Å². The first kappa shape index (κ1) is 20.1. The van der Waals surface area contributed by atoms with Crippen molar-refractivity contribution in [3.05, 3.63) is 71.6 Å². The number of nitrogens with one attached hydrogen (secondary N) is 1. The smallest absolute Gasteiger partial charge is 0.322 e. The number of aliphatic hydroxyl groups is 1. The number of amides is 3. The van der Waals surface area contributed by atoms with E-state index in [1.54, 1.807) is 4.90 Å². The number of carbonyl (C=O) groups excluding carboxylic acids is 2. The second-order valence-electron chi connectivity index (χ2n) is 7.63. The van der Waals surface area contributed by atoms with E-state index in [1.807, 2.05) is 43.3 Å². The molecule has 0 aromatic heterocycles. The van der Waals surface area contributed by atoms with Crippen molar-refractivity contribution in [3.8, 4) is 0 Å². The molecule has 0 bridgehead atoms. The summed E-state index contributed by atoms with van der Waals surface area (Å²) in [7, 11) is 0. The number of halogens is 1. The van der Waals surface area contributed by atoms with Crippen LogP contribution in [0.5, 0.6) is 0 Å².